The van der Waals surface area contributed by atoms with Crippen LogP contribution in [0, 0.1) is 19.7 Å². The molecule has 0 atom stereocenters. The second kappa shape index (κ2) is 8.83. The number of aromatic nitrogens is 5. The first kappa shape index (κ1) is 20.3. The van der Waals surface area contributed by atoms with Gasteiger partial charge in [-0.05, 0) is 50.1 Å². The number of aryl methyl sites for hydroxylation is 3. The largest absolute Gasteiger partial charge is 0.323 e. The maximum absolute atomic E-state index is 13.3. The minimum atomic E-state index is -0.304. The Hall–Kier alpha value is -3.94. The number of ketones is 1. The number of nitrogens with one attached hydrogen (secondary N) is 2. The Bertz CT molecular complexity index is 1220. The van der Waals surface area contributed by atoms with Crippen LogP contribution >= 0.6 is 0 Å². The fourth-order valence-electron chi connectivity index (χ4n) is 3.14. The van der Waals surface area contributed by atoms with Crippen molar-refractivity contribution in [3.63, 3.8) is 0 Å². The molecular formula is C23H21FN6O. The molecule has 0 unspecified atom stereocenters. The Morgan fingerprint density at radius 2 is 1.94 bits per heavy atom. The number of halogens is 1. The molecule has 31 heavy (non-hydrogen) atoms. The molecule has 3 heterocycles. The second-order valence-electron chi connectivity index (χ2n) is 7.26. The summed E-state index contributed by atoms with van der Waals surface area (Å²) < 4.78 is 13.3. The number of nitrogens with zero attached hydrogens (tertiary/aromatic N) is 4. The van der Waals surface area contributed by atoms with E-state index in [-0.39, 0.29) is 18.0 Å². The van der Waals surface area contributed by atoms with E-state index < -0.39 is 0 Å². The summed E-state index contributed by atoms with van der Waals surface area (Å²) in [5.41, 5.74) is 3.57. The molecule has 2 N–H and O–H groups in total. The van der Waals surface area contributed by atoms with E-state index in [1.165, 1.54) is 12.1 Å². The first-order chi connectivity index (χ1) is 15.0. The predicted molar refractivity (Wildman–Crippen MR) is 116 cm³/mol. The molecule has 0 saturated heterocycles. The lowest BCUT2D eigenvalue weighted by molar-refractivity contribution is 0.0978. The Labute approximate surface area is 178 Å². The highest BCUT2D eigenvalue weighted by atomic mass is 19.1. The van der Waals surface area contributed by atoms with Crippen molar-refractivity contribution in [2.45, 2.75) is 26.7 Å². The van der Waals surface area contributed by atoms with Gasteiger partial charge in [0.1, 0.15) is 17.3 Å². The molecule has 0 aliphatic carbocycles. The number of hydrogen-bond donors (Lipinski definition) is 2. The molecule has 156 valence electrons. The van der Waals surface area contributed by atoms with Crippen molar-refractivity contribution in [1.29, 1.82) is 0 Å². The molecule has 3 aromatic heterocycles. The Balaban J connectivity index is 1.46. The van der Waals surface area contributed by atoms with Crippen molar-refractivity contribution in [2.24, 2.45) is 0 Å². The SMILES string of the molecule is Cc1cc(Nc2cc(C)[nH]n2)nc(-c2ccc(C(=O)CCc3cccc(F)c3)nc2)n1. The molecule has 8 heteroatoms. The van der Waals surface area contributed by atoms with Gasteiger partial charge in [0.05, 0.1) is 0 Å². The number of benzene rings is 1. The van der Waals surface area contributed by atoms with E-state index >= 15 is 0 Å². The standard InChI is InChI=1S/C23H21FN6O/c1-14-10-21(27-22-11-15(2)29-30-22)28-23(26-14)17-7-8-19(25-13-17)20(31)9-6-16-4-3-5-18(24)12-16/h3-5,7-8,10-13H,6,9H2,1-2H3,(H2,26,27,28,29,30). The van der Waals surface area contributed by atoms with Crippen LogP contribution in [-0.2, 0) is 6.42 Å². The highest BCUT2D eigenvalue weighted by Crippen LogP contribution is 2.20. The average molecular weight is 416 g/mol. The minimum Gasteiger partial charge on any atom is -0.323 e. The predicted octanol–water partition coefficient (Wildman–Crippen LogP) is 4.58. The maximum Gasteiger partial charge on any atom is 0.181 e. The van der Waals surface area contributed by atoms with Gasteiger partial charge in [0.25, 0.3) is 0 Å². The van der Waals surface area contributed by atoms with Crippen molar-refractivity contribution in [3.8, 4) is 11.4 Å². The normalized spacial score (nSPS) is 10.8. The molecular weight excluding hydrogens is 395 g/mol. The summed E-state index contributed by atoms with van der Waals surface area (Å²) >= 11 is 0. The average Bonchev–Trinajstić information content (AvgIpc) is 3.16. The van der Waals surface area contributed by atoms with Gasteiger partial charge in [-0.3, -0.25) is 14.9 Å². The van der Waals surface area contributed by atoms with Gasteiger partial charge < -0.3 is 5.32 Å². The second-order valence-corrected chi connectivity index (χ2v) is 7.26. The zero-order valence-corrected chi connectivity index (χ0v) is 17.2. The summed E-state index contributed by atoms with van der Waals surface area (Å²) in [5, 5.41) is 10.2. The third kappa shape index (κ3) is 5.16. The van der Waals surface area contributed by atoms with Gasteiger partial charge in [-0.15, -0.1) is 0 Å². The Morgan fingerprint density at radius 1 is 1.06 bits per heavy atom. The lowest BCUT2D eigenvalue weighted by Crippen LogP contribution is -2.04. The number of pyridine rings is 1. The molecule has 0 spiro atoms. The summed E-state index contributed by atoms with van der Waals surface area (Å²) in [6, 6.07) is 13.4. The van der Waals surface area contributed by atoms with E-state index in [0.717, 1.165) is 17.0 Å². The van der Waals surface area contributed by atoms with E-state index in [2.05, 4.69) is 30.5 Å². The number of anilines is 2. The highest BCUT2D eigenvalue weighted by molar-refractivity contribution is 5.94. The lowest BCUT2D eigenvalue weighted by Gasteiger charge is -2.07. The van der Waals surface area contributed by atoms with Crippen molar-refractivity contribution < 1.29 is 9.18 Å². The van der Waals surface area contributed by atoms with Gasteiger partial charge in [-0.2, -0.15) is 5.10 Å². The quantitative estimate of drug-likeness (QED) is 0.428. The smallest absolute Gasteiger partial charge is 0.181 e. The minimum absolute atomic E-state index is 0.0998. The van der Waals surface area contributed by atoms with Crippen LogP contribution in [-0.4, -0.2) is 30.9 Å². The number of H-pyrrole nitrogens is 1. The molecule has 0 aliphatic rings. The van der Waals surface area contributed by atoms with Gasteiger partial charge in [0, 0.05) is 41.7 Å². The molecule has 0 fully saturated rings. The van der Waals surface area contributed by atoms with E-state index in [9.17, 15) is 9.18 Å². The molecule has 0 bridgehead atoms. The molecule has 0 saturated carbocycles. The topological polar surface area (TPSA) is 96.5 Å². The number of carbonyl (C=O) groups is 1. The van der Waals surface area contributed by atoms with Crippen LogP contribution in [0.2, 0.25) is 0 Å². The Morgan fingerprint density at radius 3 is 2.65 bits per heavy atom. The number of hydrogen-bond acceptors (Lipinski definition) is 6. The highest BCUT2D eigenvalue weighted by Gasteiger charge is 2.11. The Kier molecular flexibility index (Phi) is 5.79. The van der Waals surface area contributed by atoms with Crippen LogP contribution < -0.4 is 5.32 Å². The fourth-order valence-corrected chi connectivity index (χ4v) is 3.14. The summed E-state index contributed by atoms with van der Waals surface area (Å²) in [5.74, 6) is 1.38. The first-order valence-corrected chi connectivity index (χ1v) is 9.85. The van der Waals surface area contributed by atoms with Crippen molar-refractivity contribution in [3.05, 3.63) is 83.2 Å². The van der Waals surface area contributed by atoms with Crippen molar-refractivity contribution in [2.75, 3.05) is 5.32 Å². The zero-order valence-electron chi connectivity index (χ0n) is 17.2. The first-order valence-electron chi connectivity index (χ1n) is 9.85. The van der Waals surface area contributed by atoms with Crippen LogP contribution in [0.4, 0.5) is 16.0 Å². The van der Waals surface area contributed by atoms with Gasteiger partial charge in [-0.25, -0.2) is 14.4 Å². The third-order valence-corrected chi connectivity index (χ3v) is 4.65. The van der Waals surface area contributed by atoms with Crippen LogP contribution in [0.15, 0.2) is 54.7 Å². The van der Waals surface area contributed by atoms with Crippen LogP contribution in [0.5, 0.6) is 0 Å². The molecule has 0 radical (unpaired) electrons. The summed E-state index contributed by atoms with van der Waals surface area (Å²) in [4.78, 5) is 25.7. The molecule has 4 aromatic rings. The molecule has 0 aliphatic heterocycles. The number of Topliss-reactive ketones (excluding diaryl/α,β-unsaturated/α-hetero) is 1. The third-order valence-electron chi connectivity index (χ3n) is 4.65. The van der Waals surface area contributed by atoms with Gasteiger partial charge in [-0.1, -0.05) is 12.1 Å². The summed E-state index contributed by atoms with van der Waals surface area (Å²) in [7, 11) is 0. The van der Waals surface area contributed by atoms with E-state index in [1.807, 2.05) is 26.0 Å². The monoisotopic (exact) mass is 416 g/mol. The molecule has 4 rings (SSSR count). The lowest BCUT2D eigenvalue weighted by atomic mass is 10.1. The van der Waals surface area contributed by atoms with Crippen molar-refractivity contribution >= 4 is 17.4 Å². The number of rotatable bonds is 7. The van der Waals surface area contributed by atoms with E-state index in [0.29, 0.717) is 35.1 Å². The zero-order chi connectivity index (χ0) is 21.8. The summed E-state index contributed by atoms with van der Waals surface area (Å²) in [6.45, 7) is 3.80. The van der Waals surface area contributed by atoms with Crippen LogP contribution in [0.1, 0.15) is 33.9 Å². The van der Waals surface area contributed by atoms with Gasteiger partial charge >= 0.3 is 0 Å². The fraction of sp³-hybridized carbons (Fsp3) is 0.174. The van der Waals surface area contributed by atoms with Crippen LogP contribution in [0.3, 0.4) is 0 Å². The van der Waals surface area contributed by atoms with Gasteiger partial charge in [0.15, 0.2) is 17.4 Å². The van der Waals surface area contributed by atoms with Crippen LogP contribution in [0.25, 0.3) is 11.4 Å². The number of carbonyl (C=O) groups excluding carboxylic acids is 1. The van der Waals surface area contributed by atoms with E-state index in [1.54, 1.807) is 30.5 Å². The van der Waals surface area contributed by atoms with Crippen molar-refractivity contribution in [1.82, 2.24) is 25.1 Å². The van der Waals surface area contributed by atoms with E-state index in [4.69, 9.17) is 0 Å². The number of aromatic amines is 1. The summed E-state index contributed by atoms with van der Waals surface area (Å²) in [6.07, 6.45) is 2.31. The maximum atomic E-state index is 13.3. The molecule has 7 nitrogen and oxygen atoms in total. The molecule has 1 aromatic carbocycles. The van der Waals surface area contributed by atoms with Gasteiger partial charge in [0.2, 0.25) is 0 Å². The molecule has 0 amide bonds.